The van der Waals surface area contributed by atoms with Crippen LogP contribution in [0.3, 0.4) is 0 Å². The Labute approximate surface area is 128 Å². The number of hydrogen-bond acceptors (Lipinski definition) is 4. The van der Waals surface area contributed by atoms with Crippen molar-refractivity contribution < 1.29 is 9.90 Å². The molecule has 0 bridgehead atoms. The summed E-state index contributed by atoms with van der Waals surface area (Å²) in [6.45, 7) is 8.90. The predicted molar refractivity (Wildman–Crippen MR) is 84.6 cm³/mol. The number of likely N-dealkylation sites (N-methyl/N-ethyl adjacent to an activating group) is 1. The van der Waals surface area contributed by atoms with Gasteiger partial charge in [0.25, 0.3) is 0 Å². The van der Waals surface area contributed by atoms with Crippen molar-refractivity contribution >= 4 is 5.97 Å². The molecule has 1 aliphatic carbocycles. The third-order valence-electron chi connectivity index (χ3n) is 5.25. The first-order valence-corrected chi connectivity index (χ1v) is 8.46. The summed E-state index contributed by atoms with van der Waals surface area (Å²) in [5, 5.41) is 12.4. The van der Waals surface area contributed by atoms with Crippen molar-refractivity contribution in [3.8, 4) is 0 Å². The molecule has 0 aromatic heterocycles. The van der Waals surface area contributed by atoms with Gasteiger partial charge in [0.15, 0.2) is 0 Å². The summed E-state index contributed by atoms with van der Waals surface area (Å²) in [6, 6.07) is 0. The van der Waals surface area contributed by atoms with Gasteiger partial charge in [-0.15, -0.1) is 0 Å². The number of piperazine rings is 1. The van der Waals surface area contributed by atoms with E-state index >= 15 is 0 Å². The average Bonchev–Trinajstić information content (AvgIpc) is 3.29. The quantitative estimate of drug-likeness (QED) is 0.671. The van der Waals surface area contributed by atoms with Crippen molar-refractivity contribution in [3.63, 3.8) is 0 Å². The van der Waals surface area contributed by atoms with Gasteiger partial charge in [-0.2, -0.15) is 0 Å². The number of carboxylic acid groups (broad SMARTS) is 1. The van der Waals surface area contributed by atoms with Gasteiger partial charge in [0.1, 0.15) is 5.54 Å². The van der Waals surface area contributed by atoms with Crippen LogP contribution in [-0.2, 0) is 4.79 Å². The van der Waals surface area contributed by atoms with Crippen LogP contribution in [0.15, 0.2) is 0 Å². The van der Waals surface area contributed by atoms with Crippen molar-refractivity contribution in [2.45, 2.75) is 44.6 Å². The van der Waals surface area contributed by atoms with E-state index in [-0.39, 0.29) is 0 Å². The molecular weight excluding hydrogens is 266 g/mol. The Balaban J connectivity index is 1.65. The van der Waals surface area contributed by atoms with E-state index in [1.165, 1.54) is 32.5 Å². The van der Waals surface area contributed by atoms with Gasteiger partial charge in [0.05, 0.1) is 0 Å². The monoisotopic (exact) mass is 297 g/mol. The van der Waals surface area contributed by atoms with Gasteiger partial charge in [0.2, 0.25) is 0 Å². The summed E-state index contributed by atoms with van der Waals surface area (Å²) in [7, 11) is 1.76. The third kappa shape index (κ3) is 4.66. The number of aliphatic carboxylic acids is 1. The van der Waals surface area contributed by atoms with Gasteiger partial charge < -0.3 is 20.2 Å². The zero-order valence-electron chi connectivity index (χ0n) is 13.6. The second kappa shape index (κ2) is 7.56. The van der Waals surface area contributed by atoms with Crippen molar-refractivity contribution in [2.75, 3.05) is 46.3 Å². The Hall–Kier alpha value is -0.650. The van der Waals surface area contributed by atoms with Crippen LogP contribution < -0.4 is 5.32 Å². The molecule has 2 aliphatic rings. The van der Waals surface area contributed by atoms with E-state index in [9.17, 15) is 9.90 Å². The Bertz CT molecular complexity index is 332. The third-order valence-corrected chi connectivity index (χ3v) is 5.25. The first kappa shape index (κ1) is 16.7. The lowest BCUT2D eigenvalue weighted by Crippen LogP contribution is -2.51. The van der Waals surface area contributed by atoms with Crippen LogP contribution >= 0.6 is 0 Å². The van der Waals surface area contributed by atoms with Gasteiger partial charge in [-0.3, -0.25) is 4.79 Å². The van der Waals surface area contributed by atoms with E-state index < -0.39 is 11.5 Å². The highest BCUT2D eigenvalue weighted by Gasteiger charge is 2.34. The van der Waals surface area contributed by atoms with Gasteiger partial charge in [-0.05, 0) is 51.6 Å². The van der Waals surface area contributed by atoms with Gasteiger partial charge in [-0.25, -0.2) is 0 Å². The van der Waals surface area contributed by atoms with Crippen LogP contribution in [0.1, 0.15) is 39.0 Å². The van der Waals surface area contributed by atoms with Crippen molar-refractivity contribution in [1.82, 2.24) is 15.1 Å². The maximum Gasteiger partial charge on any atom is 0.323 e. The minimum absolute atomic E-state index is 0.633. The number of carboxylic acids is 1. The fourth-order valence-corrected chi connectivity index (χ4v) is 3.31. The van der Waals surface area contributed by atoms with Crippen LogP contribution in [-0.4, -0.2) is 72.7 Å². The molecule has 0 spiro atoms. The molecule has 1 aliphatic heterocycles. The van der Waals surface area contributed by atoms with Crippen molar-refractivity contribution in [3.05, 3.63) is 0 Å². The predicted octanol–water partition coefficient (Wildman–Crippen LogP) is 1.25. The number of carbonyl (C=O) groups is 1. The molecule has 122 valence electrons. The van der Waals surface area contributed by atoms with Gasteiger partial charge >= 0.3 is 5.97 Å². The molecule has 5 heteroatoms. The molecule has 1 heterocycles. The van der Waals surface area contributed by atoms with Crippen LogP contribution in [0.4, 0.5) is 0 Å². The van der Waals surface area contributed by atoms with E-state index in [0.717, 1.165) is 32.0 Å². The number of rotatable bonds is 9. The average molecular weight is 297 g/mol. The molecule has 2 fully saturated rings. The maximum atomic E-state index is 11.4. The molecule has 0 amide bonds. The highest BCUT2D eigenvalue weighted by molar-refractivity contribution is 5.78. The molecule has 2 N–H and O–H groups in total. The molecule has 5 nitrogen and oxygen atoms in total. The minimum atomic E-state index is -0.742. The molecule has 2 rings (SSSR count). The lowest BCUT2D eigenvalue weighted by molar-refractivity contribution is -0.145. The first-order valence-electron chi connectivity index (χ1n) is 8.46. The number of hydrogen-bond donors (Lipinski definition) is 2. The zero-order valence-corrected chi connectivity index (χ0v) is 13.6. The normalized spacial score (nSPS) is 23.9. The molecule has 1 atom stereocenters. The van der Waals surface area contributed by atoms with Crippen LogP contribution in [0.25, 0.3) is 0 Å². The van der Waals surface area contributed by atoms with Crippen LogP contribution in [0.5, 0.6) is 0 Å². The Morgan fingerprint density at radius 3 is 2.33 bits per heavy atom. The number of nitrogens with zero attached hydrogens (tertiary/aromatic N) is 2. The summed E-state index contributed by atoms with van der Waals surface area (Å²) in [5.41, 5.74) is -0.742. The molecule has 1 unspecified atom stereocenters. The molecule has 0 radical (unpaired) electrons. The molecule has 1 saturated carbocycles. The maximum absolute atomic E-state index is 11.4. The van der Waals surface area contributed by atoms with Gasteiger partial charge in [-0.1, -0.05) is 6.92 Å². The Morgan fingerprint density at radius 1 is 1.24 bits per heavy atom. The molecule has 0 aromatic rings. The van der Waals surface area contributed by atoms with E-state index in [1.807, 2.05) is 6.92 Å². The van der Waals surface area contributed by atoms with Crippen molar-refractivity contribution in [2.24, 2.45) is 5.92 Å². The SMILES string of the molecule is CCC(CCCN1CCN(CC2CC2)CC1)(NC)C(=O)O. The minimum Gasteiger partial charge on any atom is -0.480 e. The van der Waals surface area contributed by atoms with E-state index in [2.05, 4.69) is 15.1 Å². The highest BCUT2D eigenvalue weighted by Crippen LogP contribution is 2.29. The lowest BCUT2D eigenvalue weighted by Gasteiger charge is -2.35. The molecule has 1 saturated heterocycles. The largest absolute Gasteiger partial charge is 0.480 e. The Morgan fingerprint density at radius 2 is 1.86 bits per heavy atom. The highest BCUT2D eigenvalue weighted by atomic mass is 16.4. The molecular formula is C16H31N3O2. The number of nitrogens with one attached hydrogen (secondary N) is 1. The second-order valence-electron chi connectivity index (χ2n) is 6.68. The summed E-state index contributed by atoms with van der Waals surface area (Å²) < 4.78 is 0. The van der Waals surface area contributed by atoms with Crippen LogP contribution in [0, 0.1) is 5.92 Å². The molecule has 0 aromatic carbocycles. The summed E-state index contributed by atoms with van der Waals surface area (Å²) in [6.07, 6.45) is 5.15. The van der Waals surface area contributed by atoms with E-state index in [0.29, 0.717) is 12.8 Å². The standard InChI is InChI=1S/C16H31N3O2/c1-3-16(17-2,15(20)21)7-4-8-18-9-11-19(12-10-18)13-14-5-6-14/h14,17H,3-13H2,1-2H3,(H,20,21). The smallest absolute Gasteiger partial charge is 0.323 e. The van der Waals surface area contributed by atoms with Crippen LogP contribution in [0.2, 0.25) is 0 Å². The van der Waals surface area contributed by atoms with Gasteiger partial charge in [0, 0.05) is 32.7 Å². The lowest BCUT2D eigenvalue weighted by atomic mass is 9.90. The summed E-state index contributed by atoms with van der Waals surface area (Å²) >= 11 is 0. The second-order valence-corrected chi connectivity index (χ2v) is 6.68. The zero-order chi connectivity index (χ0) is 15.3. The topological polar surface area (TPSA) is 55.8 Å². The Kier molecular flexibility index (Phi) is 6.02. The summed E-state index contributed by atoms with van der Waals surface area (Å²) in [4.78, 5) is 16.5. The van der Waals surface area contributed by atoms with E-state index in [4.69, 9.17) is 0 Å². The fraction of sp³-hybridized carbons (Fsp3) is 0.938. The first-order chi connectivity index (χ1) is 10.1. The fourth-order valence-electron chi connectivity index (χ4n) is 3.31. The van der Waals surface area contributed by atoms with Crippen molar-refractivity contribution in [1.29, 1.82) is 0 Å². The molecule has 21 heavy (non-hydrogen) atoms. The van der Waals surface area contributed by atoms with E-state index in [1.54, 1.807) is 7.05 Å². The summed E-state index contributed by atoms with van der Waals surface area (Å²) in [5.74, 6) is 0.259.